The van der Waals surface area contributed by atoms with Crippen molar-refractivity contribution in [2.75, 3.05) is 11.4 Å². The zero-order valence-electron chi connectivity index (χ0n) is 9.30. The number of rotatable bonds is 3. The van der Waals surface area contributed by atoms with Gasteiger partial charge in [0.25, 0.3) is 0 Å². The van der Waals surface area contributed by atoms with Gasteiger partial charge in [0.2, 0.25) is 5.91 Å². The molecule has 0 radical (unpaired) electrons. The maximum Gasteiger partial charge on any atom is 0.240 e. The van der Waals surface area contributed by atoms with Crippen molar-refractivity contribution in [1.82, 2.24) is 4.98 Å². The van der Waals surface area contributed by atoms with E-state index >= 15 is 0 Å². The lowest BCUT2D eigenvalue weighted by Gasteiger charge is -2.24. The maximum absolute atomic E-state index is 11.3. The van der Waals surface area contributed by atoms with E-state index in [1.165, 1.54) is 0 Å². The van der Waals surface area contributed by atoms with Crippen LogP contribution in [0.4, 0.5) is 5.69 Å². The SMILES string of the molecule is NC(=O)C1CCCN1c1ccnc(C(N)=S)c1. The average molecular weight is 250 g/mol. The van der Waals surface area contributed by atoms with Gasteiger partial charge >= 0.3 is 0 Å². The molecule has 6 heteroatoms. The van der Waals surface area contributed by atoms with Crippen molar-refractivity contribution < 1.29 is 4.79 Å². The Bertz CT molecular complexity index is 463. The zero-order chi connectivity index (χ0) is 12.4. The Morgan fingerprint density at radius 2 is 2.29 bits per heavy atom. The minimum absolute atomic E-state index is 0.239. The standard InChI is InChI=1S/C11H14N4OS/c12-10(16)9-2-1-5-15(9)7-3-4-14-8(6-7)11(13)17/h3-4,6,9H,1-2,5H2,(H2,12,16)(H2,13,17). The molecule has 1 unspecified atom stereocenters. The molecule has 90 valence electrons. The molecule has 1 fully saturated rings. The Morgan fingerprint density at radius 1 is 1.53 bits per heavy atom. The van der Waals surface area contributed by atoms with Crippen molar-refractivity contribution in [1.29, 1.82) is 0 Å². The minimum atomic E-state index is -0.295. The second kappa shape index (κ2) is 4.67. The Hall–Kier alpha value is -1.69. The first kappa shape index (κ1) is 11.8. The molecule has 2 heterocycles. The van der Waals surface area contributed by atoms with Gasteiger partial charge in [0, 0.05) is 18.4 Å². The van der Waals surface area contributed by atoms with E-state index in [0.29, 0.717) is 5.69 Å². The first-order valence-electron chi connectivity index (χ1n) is 5.41. The number of hydrogen-bond acceptors (Lipinski definition) is 4. The van der Waals surface area contributed by atoms with Crippen molar-refractivity contribution >= 4 is 28.8 Å². The van der Waals surface area contributed by atoms with Crippen LogP contribution in [0.5, 0.6) is 0 Å². The van der Waals surface area contributed by atoms with E-state index < -0.39 is 0 Å². The Labute approximate surface area is 105 Å². The highest BCUT2D eigenvalue weighted by atomic mass is 32.1. The number of amides is 1. The van der Waals surface area contributed by atoms with E-state index in [-0.39, 0.29) is 16.9 Å². The molecule has 1 aliphatic rings. The lowest BCUT2D eigenvalue weighted by molar-refractivity contribution is -0.119. The summed E-state index contributed by atoms with van der Waals surface area (Å²) in [6, 6.07) is 3.39. The predicted octanol–water partition coefficient (Wildman–Crippen LogP) is 0.170. The fourth-order valence-electron chi connectivity index (χ4n) is 2.10. The van der Waals surface area contributed by atoms with Crippen LogP contribution in [-0.2, 0) is 4.79 Å². The molecule has 0 spiro atoms. The highest BCUT2D eigenvalue weighted by Crippen LogP contribution is 2.25. The summed E-state index contributed by atoms with van der Waals surface area (Å²) in [7, 11) is 0. The number of anilines is 1. The molecule has 1 aromatic rings. The molecule has 5 nitrogen and oxygen atoms in total. The predicted molar refractivity (Wildman–Crippen MR) is 69.7 cm³/mol. The number of aromatic nitrogens is 1. The van der Waals surface area contributed by atoms with Crippen LogP contribution in [0.3, 0.4) is 0 Å². The van der Waals surface area contributed by atoms with Gasteiger partial charge in [0.05, 0.1) is 5.69 Å². The quantitative estimate of drug-likeness (QED) is 0.747. The highest BCUT2D eigenvalue weighted by molar-refractivity contribution is 7.80. The molecule has 0 bridgehead atoms. The van der Waals surface area contributed by atoms with E-state index in [4.69, 9.17) is 23.7 Å². The Morgan fingerprint density at radius 3 is 2.94 bits per heavy atom. The lowest BCUT2D eigenvalue weighted by atomic mass is 10.2. The first-order chi connectivity index (χ1) is 8.09. The summed E-state index contributed by atoms with van der Waals surface area (Å²) in [5.41, 5.74) is 12.4. The molecule has 1 aliphatic heterocycles. The molecule has 4 N–H and O–H groups in total. The van der Waals surface area contributed by atoms with Crippen LogP contribution in [0.15, 0.2) is 18.3 Å². The van der Waals surface area contributed by atoms with Crippen LogP contribution in [0.1, 0.15) is 18.5 Å². The van der Waals surface area contributed by atoms with Gasteiger partial charge in [-0.25, -0.2) is 0 Å². The molecule has 1 amide bonds. The van der Waals surface area contributed by atoms with E-state index in [1.807, 2.05) is 11.0 Å². The van der Waals surface area contributed by atoms with E-state index in [9.17, 15) is 4.79 Å². The fraction of sp³-hybridized carbons (Fsp3) is 0.364. The minimum Gasteiger partial charge on any atom is -0.388 e. The number of carbonyl (C=O) groups excluding carboxylic acids is 1. The molecule has 17 heavy (non-hydrogen) atoms. The number of nitrogens with zero attached hydrogens (tertiary/aromatic N) is 2. The summed E-state index contributed by atoms with van der Waals surface area (Å²) in [6.45, 7) is 0.814. The van der Waals surface area contributed by atoms with Crippen molar-refractivity contribution in [2.24, 2.45) is 11.5 Å². The van der Waals surface area contributed by atoms with Gasteiger partial charge in [0.15, 0.2) is 0 Å². The summed E-state index contributed by atoms with van der Waals surface area (Å²) in [6.07, 6.45) is 3.39. The summed E-state index contributed by atoms with van der Waals surface area (Å²) in [5, 5.41) is 0. The normalized spacial score (nSPS) is 19.3. The van der Waals surface area contributed by atoms with E-state index in [0.717, 1.165) is 25.1 Å². The molecule has 0 aromatic carbocycles. The van der Waals surface area contributed by atoms with Crippen LogP contribution in [-0.4, -0.2) is 28.5 Å². The van der Waals surface area contributed by atoms with Crippen LogP contribution in [0.25, 0.3) is 0 Å². The van der Waals surface area contributed by atoms with Gasteiger partial charge in [-0.1, -0.05) is 12.2 Å². The topological polar surface area (TPSA) is 85.2 Å². The fourth-order valence-corrected chi connectivity index (χ4v) is 2.22. The number of thiocarbonyl (C=S) groups is 1. The number of primary amides is 1. The van der Waals surface area contributed by atoms with Crippen LogP contribution in [0, 0.1) is 0 Å². The smallest absolute Gasteiger partial charge is 0.240 e. The number of nitrogens with two attached hydrogens (primary N) is 2. The summed E-state index contributed by atoms with van der Waals surface area (Å²) in [4.78, 5) is 17.6. The van der Waals surface area contributed by atoms with Gasteiger partial charge in [-0.05, 0) is 25.0 Å². The van der Waals surface area contributed by atoms with Crippen LogP contribution >= 0.6 is 12.2 Å². The van der Waals surface area contributed by atoms with Gasteiger partial charge in [-0.15, -0.1) is 0 Å². The number of carbonyl (C=O) groups is 1. The lowest BCUT2D eigenvalue weighted by Crippen LogP contribution is -2.40. The van der Waals surface area contributed by atoms with Crippen molar-refractivity contribution in [3.63, 3.8) is 0 Å². The van der Waals surface area contributed by atoms with Crippen molar-refractivity contribution in [3.05, 3.63) is 24.0 Å². The van der Waals surface area contributed by atoms with Gasteiger partial charge in [-0.3, -0.25) is 9.78 Å². The summed E-state index contributed by atoms with van der Waals surface area (Å²) >= 11 is 4.88. The third-order valence-corrected chi connectivity index (χ3v) is 3.12. The number of pyridine rings is 1. The van der Waals surface area contributed by atoms with Gasteiger partial charge in [0.1, 0.15) is 11.0 Å². The second-order valence-electron chi connectivity index (χ2n) is 4.02. The molecule has 0 aliphatic carbocycles. The van der Waals surface area contributed by atoms with E-state index in [1.54, 1.807) is 12.3 Å². The Balaban J connectivity index is 2.30. The molecular formula is C11H14N4OS. The van der Waals surface area contributed by atoms with Crippen LogP contribution in [0.2, 0.25) is 0 Å². The monoisotopic (exact) mass is 250 g/mol. The molecular weight excluding hydrogens is 236 g/mol. The highest BCUT2D eigenvalue weighted by Gasteiger charge is 2.29. The van der Waals surface area contributed by atoms with Crippen molar-refractivity contribution in [3.8, 4) is 0 Å². The van der Waals surface area contributed by atoms with Gasteiger partial charge < -0.3 is 16.4 Å². The van der Waals surface area contributed by atoms with Gasteiger partial charge in [-0.2, -0.15) is 0 Å². The van der Waals surface area contributed by atoms with Crippen molar-refractivity contribution in [2.45, 2.75) is 18.9 Å². The summed E-state index contributed by atoms with van der Waals surface area (Å²) in [5.74, 6) is -0.295. The van der Waals surface area contributed by atoms with Crippen LogP contribution < -0.4 is 16.4 Å². The Kier molecular flexibility index (Phi) is 3.23. The third kappa shape index (κ3) is 2.36. The number of hydrogen-bond donors (Lipinski definition) is 2. The molecule has 1 aromatic heterocycles. The second-order valence-corrected chi connectivity index (χ2v) is 4.46. The van der Waals surface area contributed by atoms with E-state index in [2.05, 4.69) is 4.98 Å². The molecule has 1 atom stereocenters. The maximum atomic E-state index is 11.3. The molecule has 1 saturated heterocycles. The average Bonchev–Trinajstić information content (AvgIpc) is 2.78. The summed E-state index contributed by atoms with van der Waals surface area (Å²) < 4.78 is 0. The molecule has 0 saturated carbocycles. The molecule has 2 rings (SSSR count). The largest absolute Gasteiger partial charge is 0.388 e. The zero-order valence-corrected chi connectivity index (χ0v) is 10.1. The first-order valence-corrected chi connectivity index (χ1v) is 5.82. The third-order valence-electron chi connectivity index (χ3n) is 2.91.